The lowest BCUT2D eigenvalue weighted by Gasteiger charge is -2.47. The van der Waals surface area contributed by atoms with Crippen LogP contribution in [0.15, 0.2) is 0 Å². The molecule has 2 amide bonds. The number of rotatable bonds is 10. The normalized spacial score (nSPS) is 32.0. The fourth-order valence-electron chi connectivity index (χ4n) is 2.44. The predicted molar refractivity (Wildman–Crippen MR) is 93.2 cm³/mol. The van der Waals surface area contributed by atoms with Gasteiger partial charge in [-0.2, -0.15) is 12.6 Å². The topological polar surface area (TPSA) is 158 Å². The van der Waals surface area contributed by atoms with Gasteiger partial charge in [0.25, 0.3) is 0 Å². The number of carbonyl (C=O) groups is 2. The van der Waals surface area contributed by atoms with Crippen LogP contribution in [0.1, 0.15) is 27.5 Å². The second-order valence-electron chi connectivity index (χ2n) is 5.90. The van der Waals surface area contributed by atoms with E-state index in [0.29, 0.717) is 31.6 Å². The van der Waals surface area contributed by atoms with E-state index in [1.807, 2.05) is 5.32 Å². The Kier molecular flexibility index (Phi) is 9.05. The van der Waals surface area contributed by atoms with Crippen LogP contribution in [0.25, 0.3) is 0 Å². The fraction of sp³-hybridized carbons (Fsp3) is 0.867. The van der Waals surface area contributed by atoms with Gasteiger partial charge in [0.2, 0.25) is 23.8 Å². The Hall–Kier alpha value is -0.950. The molecule has 0 saturated carbocycles. The maximum Gasteiger partial charge on any atom is 0.220 e. The summed E-state index contributed by atoms with van der Waals surface area (Å²) in [5.41, 5.74) is -2.50. The first kappa shape index (κ1) is 21.4. The van der Waals surface area contributed by atoms with Gasteiger partial charge in [0, 0.05) is 21.2 Å². The predicted octanol–water partition coefficient (Wildman–Crippen LogP) is -2.52. The van der Waals surface area contributed by atoms with Gasteiger partial charge in [-0.25, -0.2) is 0 Å². The summed E-state index contributed by atoms with van der Waals surface area (Å²) in [6.45, 7) is -1.09. The van der Waals surface area contributed by atoms with Crippen LogP contribution in [-0.4, -0.2) is 88.1 Å². The molecule has 0 aromatic heterocycles. The number of aliphatic hydroxyl groups excluding tert-OH is 3. The summed E-state index contributed by atoms with van der Waals surface area (Å²) in [6, 6.07) is 0. The van der Waals surface area contributed by atoms with Crippen LogP contribution >= 0.6 is 12.6 Å². The molecular formula is C15H28N2O8S. The Morgan fingerprint density at radius 2 is 2.12 bits per heavy atom. The SMILES string of the molecule is [2H]CC(=O)N[C@]1(O)C(OCCCNC(=O)CCCS)O[C@H](CO)[C@H](O)[C@@H]1O. The first-order valence-corrected chi connectivity index (χ1v) is 8.87. The third-order valence-corrected chi connectivity index (χ3v) is 4.12. The van der Waals surface area contributed by atoms with Gasteiger partial charge in [-0.05, 0) is 18.6 Å². The molecule has 10 nitrogen and oxygen atoms in total. The van der Waals surface area contributed by atoms with Crippen molar-refractivity contribution in [1.82, 2.24) is 10.6 Å². The van der Waals surface area contributed by atoms with Gasteiger partial charge in [-0.15, -0.1) is 0 Å². The summed E-state index contributed by atoms with van der Waals surface area (Å²) >= 11 is 4.02. The van der Waals surface area contributed by atoms with E-state index in [1.165, 1.54) is 0 Å². The highest BCUT2D eigenvalue weighted by molar-refractivity contribution is 7.80. The highest BCUT2D eigenvalue weighted by Crippen LogP contribution is 2.29. The number of thiol groups is 1. The smallest absolute Gasteiger partial charge is 0.220 e. The van der Waals surface area contributed by atoms with Crippen LogP contribution in [0.5, 0.6) is 0 Å². The molecule has 0 radical (unpaired) electrons. The lowest BCUT2D eigenvalue weighted by molar-refractivity contribution is -0.347. The lowest BCUT2D eigenvalue weighted by Crippen LogP contribution is -2.73. The van der Waals surface area contributed by atoms with Crippen LogP contribution in [-0.2, 0) is 19.1 Å². The second kappa shape index (κ2) is 11.0. The molecule has 0 aromatic carbocycles. The summed E-state index contributed by atoms with van der Waals surface area (Å²) in [6.07, 6.45) is -5.06. The standard InChI is InChI=1S/C15H28N2O8S/c1-9(19)17-15(23)13(22)12(21)10(8-18)25-14(15)24-6-3-5-16-11(20)4-2-7-26/h10,12-14,18,21-23,26H,2-8H2,1H3,(H,16,20)(H,17,19)/t10-,12+,13+,14?,15-/m1/s1/i1D. The van der Waals surface area contributed by atoms with E-state index in [1.54, 1.807) is 0 Å². The number of ether oxygens (including phenoxy) is 2. The number of amides is 2. The number of hydrogen-bond donors (Lipinski definition) is 7. The van der Waals surface area contributed by atoms with Gasteiger partial charge in [0.05, 0.1) is 13.2 Å². The zero-order valence-corrected chi connectivity index (χ0v) is 15.2. The first-order valence-electron chi connectivity index (χ1n) is 8.95. The highest BCUT2D eigenvalue weighted by atomic mass is 32.1. The van der Waals surface area contributed by atoms with E-state index < -0.39 is 49.7 Å². The Morgan fingerprint density at radius 3 is 2.73 bits per heavy atom. The molecule has 1 aliphatic rings. The zero-order chi connectivity index (χ0) is 20.4. The van der Waals surface area contributed by atoms with E-state index in [4.69, 9.17) is 10.8 Å². The van der Waals surface area contributed by atoms with E-state index in [0.717, 1.165) is 0 Å². The van der Waals surface area contributed by atoms with Crippen molar-refractivity contribution in [2.24, 2.45) is 0 Å². The quantitative estimate of drug-likeness (QED) is 0.121. The maximum atomic E-state index is 11.5. The highest BCUT2D eigenvalue weighted by Gasteiger charge is 2.56. The minimum atomic E-state index is -2.50. The maximum absolute atomic E-state index is 11.5. The molecule has 5 atom stereocenters. The lowest BCUT2D eigenvalue weighted by atomic mass is 9.93. The van der Waals surface area contributed by atoms with Gasteiger partial charge in [0.15, 0.2) is 0 Å². The molecule has 0 spiro atoms. The van der Waals surface area contributed by atoms with Gasteiger partial charge in [0.1, 0.15) is 18.3 Å². The molecule has 26 heavy (non-hydrogen) atoms. The monoisotopic (exact) mass is 397 g/mol. The molecule has 1 unspecified atom stereocenters. The van der Waals surface area contributed by atoms with Gasteiger partial charge in [-0.1, -0.05) is 0 Å². The molecule has 1 aliphatic heterocycles. The van der Waals surface area contributed by atoms with Crippen molar-refractivity contribution in [3.05, 3.63) is 0 Å². The molecule has 1 heterocycles. The number of hydrogen-bond acceptors (Lipinski definition) is 9. The van der Waals surface area contributed by atoms with Crippen molar-refractivity contribution in [2.45, 2.75) is 56.5 Å². The van der Waals surface area contributed by atoms with Crippen LogP contribution in [0, 0.1) is 0 Å². The Morgan fingerprint density at radius 1 is 1.38 bits per heavy atom. The van der Waals surface area contributed by atoms with E-state index >= 15 is 0 Å². The first-order chi connectivity index (χ1) is 12.8. The molecule has 1 fully saturated rings. The Balaban J connectivity index is 2.61. The van der Waals surface area contributed by atoms with Gasteiger partial charge in [-0.3, -0.25) is 9.59 Å². The average Bonchev–Trinajstić information content (AvgIpc) is 2.65. The van der Waals surface area contributed by atoms with Gasteiger partial charge >= 0.3 is 0 Å². The summed E-state index contributed by atoms with van der Waals surface area (Å²) in [5.74, 6) is -0.436. The molecule has 0 aromatic rings. The minimum absolute atomic E-state index is 0.0163. The van der Waals surface area contributed by atoms with Crippen molar-refractivity contribution in [3.8, 4) is 0 Å². The van der Waals surface area contributed by atoms with Crippen LogP contribution in [0.4, 0.5) is 0 Å². The minimum Gasteiger partial charge on any atom is -0.394 e. The number of carbonyl (C=O) groups excluding carboxylic acids is 2. The van der Waals surface area contributed by atoms with Crippen molar-refractivity contribution in [1.29, 1.82) is 0 Å². The largest absolute Gasteiger partial charge is 0.394 e. The molecule has 1 saturated heterocycles. The van der Waals surface area contributed by atoms with Crippen molar-refractivity contribution < 1.29 is 40.9 Å². The van der Waals surface area contributed by atoms with Crippen LogP contribution in [0.2, 0.25) is 0 Å². The van der Waals surface area contributed by atoms with E-state index in [-0.39, 0.29) is 12.5 Å². The number of nitrogens with one attached hydrogen (secondary N) is 2. The summed E-state index contributed by atoms with van der Waals surface area (Å²) in [5, 5.41) is 44.6. The zero-order valence-electron chi connectivity index (χ0n) is 15.3. The average molecular weight is 397 g/mol. The van der Waals surface area contributed by atoms with Crippen LogP contribution in [0.3, 0.4) is 0 Å². The Bertz CT molecular complexity index is 489. The molecular weight excluding hydrogens is 368 g/mol. The molecule has 0 aliphatic carbocycles. The summed E-state index contributed by atoms with van der Waals surface area (Å²) in [7, 11) is 0. The third kappa shape index (κ3) is 6.34. The third-order valence-electron chi connectivity index (χ3n) is 3.81. The van der Waals surface area contributed by atoms with Crippen LogP contribution < -0.4 is 10.6 Å². The van der Waals surface area contributed by atoms with Crippen molar-refractivity contribution in [3.63, 3.8) is 0 Å². The fourth-order valence-corrected chi connectivity index (χ4v) is 2.60. The molecule has 6 N–H and O–H groups in total. The van der Waals surface area contributed by atoms with E-state index in [2.05, 4.69) is 17.9 Å². The van der Waals surface area contributed by atoms with Gasteiger partial charge < -0.3 is 40.5 Å². The second-order valence-corrected chi connectivity index (χ2v) is 6.35. The number of aliphatic hydroxyl groups is 4. The molecule has 1 rings (SSSR count). The summed E-state index contributed by atoms with van der Waals surface area (Å²) < 4.78 is 17.6. The molecule has 11 heteroatoms. The van der Waals surface area contributed by atoms with Crippen molar-refractivity contribution in [2.75, 3.05) is 25.5 Å². The molecule has 0 bridgehead atoms. The summed E-state index contributed by atoms with van der Waals surface area (Å²) in [4.78, 5) is 23.0. The van der Waals surface area contributed by atoms with E-state index in [9.17, 15) is 30.0 Å². The molecule has 152 valence electrons. The van der Waals surface area contributed by atoms with Crippen molar-refractivity contribution >= 4 is 24.4 Å². The Labute approximate surface area is 158 Å².